The van der Waals surface area contributed by atoms with E-state index >= 15 is 0 Å². The fraction of sp³-hybridized carbons (Fsp3) is 0.351. The van der Waals surface area contributed by atoms with Crippen LogP contribution >= 0.6 is 0 Å². The van der Waals surface area contributed by atoms with E-state index in [4.69, 9.17) is 0 Å². The van der Waals surface area contributed by atoms with Crippen molar-refractivity contribution in [2.24, 2.45) is 0 Å². The lowest BCUT2D eigenvalue weighted by Crippen LogP contribution is -2.33. The Bertz CT molecular complexity index is 1500. The van der Waals surface area contributed by atoms with Crippen molar-refractivity contribution in [2.45, 2.75) is 57.7 Å². The molecule has 3 heterocycles. The van der Waals surface area contributed by atoms with Crippen LogP contribution in [0.3, 0.4) is 0 Å². The summed E-state index contributed by atoms with van der Waals surface area (Å²) in [5.74, 6) is 0. The lowest BCUT2D eigenvalue weighted by atomic mass is 9.86. The molecule has 4 aromatic rings. The van der Waals surface area contributed by atoms with Crippen LogP contribution in [0.2, 0.25) is 0 Å². The van der Waals surface area contributed by atoms with E-state index in [9.17, 15) is 0 Å². The average Bonchev–Trinajstić information content (AvgIpc) is 3.54. The summed E-state index contributed by atoms with van der Waals surface area (Å²) >= 11 is 0. The van der Waals surface area contributed by atoms with Crippen LogP contribution in [0, 0.1) is 6.92 Å². The second-order valence-electron chi connectivity index (χ2n) is 12.2. The number of hydrogen-bond acceptors (Lipinski definition) is 3. The smallest absolute Gasteiger partial charge is 0.0388 e. The summed E-state index contributed by atoms with van der Waals surface area (Å²) in [6.07, 6.45) is 5.87. The third-order valence-electron chi connectivity index (χ3n) is 9.65. The first kappa shape index (κ1) is 25.6. The van der Waals surface area contributed by atoms with Gasteiger partial charge in [-0.05, 0) is 108 Å². The van der Waals surface area contributed by atoms with Crippen molar-refractivity contribution in [1.82, 2.24) is 10.2 Å². The molecule has 1 N–H and O–H groups in total. The first-order valence-electron chi connectivity index (χ1n) is 15.2. The Morgan fingerprint density at radius 2 is 1.60 bits per heavy atom. The average molecular weight is 528 g/mol. The van der Waals surface area contributed by atoms with Gasteiger partial charge in [0.25, 0.3) is 0 Å². The van der Waals surface area contributed by atoms with Crippen molar-refractivity contribution in [3.63, 3.8) is 0 Å². The molecule has 3 heteroatoms. The van der Waals surface area contributed by atoms with Gasteiger partial charge in [0.15, 0.2) is 0 Å². The Morgan fingerprint density at radius 1 is 0.800 bits per heavy atom. The molecule has 3 nitrogen and oxygen atoms in total. The molecule has 204 valence electrons. The maximum atomic E-state index is 3.74. The molecule has 4 aromatic carbocycles. The maximum absolute atomic E-state index is 3.74. The molecule has 0 amide bonds. The molecule has 0 aliphatic carbocycles. The van der Waals surface area contributed by atoms with Crippen molar-refractivity contribution < 1.29 is 0 Å². The molecule has 1 unspecified atom stereocenters. The number of fused-ring (bicyclic) bond motifs is 2. The van der Waals surface area contributed by atoms with Crippen LogP contribution in [0.4, 0.5) is 5.69 Å². The Kier molecular flexibility index (Phi) is 6.95. The lowest BCUT2D eigenvalue weighted by molar-refractivity contribution is 0.229. The SMILES string of the molecule is Cc1cc(N2CCCC2)ccc1-c1ccc2c(c1)CCN(C)C2Cc1ccc([C@@H]2Cc3ccccc3CN2)cc1. The maximum Gasteiger partial charge on any atom is 0.0388 e. The van der Waals surface area contributed by atoms with Gasteiger partial charge in [-0.2, -0.15) is 0 Å². The van der Waals surface area contributed by atoms with Crippen molar-refractivity contribution >= 4 is 5.69 Å². The molecule has 1 saturated heterocycles. The summed E-state index contributed by atoms with van der Waals surface area (Å²) in [6.45, 7) is 6.73. The summed E-state index contributed by atoms with van der Waals surface area (Å²) in [5.41, 5.74) is 14.2. The summed E-state index contributed by atoms with van der Waals surface area (Å²) in [6, 6.07) is 33.4. The largest absolute Gasteiger partial charge is 0.372 e. The summed E-state index contributed by atoms with van der Waals surface area (Å²) < 4.78 is 0. The second kappa shape index (κ2) is 10.9. The molecule has 0 radical (unpaired) electrons. The van der Waals surface area contributed by atoms with Gasteiger partial charge in [-0.3, -0.25) is 4.90 Å². The number of rotatable bonds is 5. The standard InChI is InChI=1S/C37H41N3/c1-26-21-33(40-18-5-6-19-40)14-16-34(26)30-13-15-35-31(23-30)17-20-39(2)37(35)22-27-9-11-28(12-10-27)36-24-29-7-3-4-8-32(29)25-38-36/h3-4,7-16,21,23,36-38H,5-6,17-20,22,24-25H2,1-2H3/t36-,37?/m0/s1. The zero-order valence-corrected chi connectivity index (χ0v) is 24.0. The van der Waals surface area contributed by atoms with E-state index in [2.05, 4.69) is 114 Å². The van der Waals surface area contributed by atoms with Crippen LogP contribution in [-0.4, -0.2) is 31.6 Å². The lowest BCUT2D eigenvalue weighted by Gasteiger charge is -2.35. The molecular weight excluding hydrogens is 486 g/mol. The van der Waals surface area contributed by atoms with Gasteiger partial charge in [0.1, 0.15) is 0 Å². The van der Waals surface area contributed by atoms with Crippen LogP contribution < -0.4 is 10.2 Å². The van der Waals surface area contributed by atoms with Crippen LogP contribution in [-0.2, 0) is 25.8 Å². The number of anilines is 1. The third kappa shape index (κ3) is 4.98. The van der Waals surface area contributed by atoms with E-state index in [0.29, 0.717) is 12.1 Å². The van der Waals surface area contributed by atoms with E-state index in [-0.39, 0.29) is 0 Å². The molecule has 0 saturated carbocycles. The van der Waals surface area contributed by atoms with E-state index < -0.39 is 0 Å². The molecule has 0 spiro atoms. The van der Waals surface area contributed by atoms with Gasteiger partial charge in [-0.15, -0.1) is 0 Å². The number of nitrogens with one attached hydrogen (secondary N) is 1. The van der Waals surface area contributed by atoms with Crippen molar-refractivity contribution in [3.8, 4) is 11.1 Å². The van der Waals surface area contributed by atoms with Gasteiger partial charge in [0.05, 0.1) is 0 Å². The van der Waals surface area contributed by atoms with Crippen molar-refractivity contribution in [2.75, 3.05) is 31.6 Å². The monoisotopic (exact) mass is 527 g/mol. The van der Waals surface area contributed by atoms with Crippen molar-refractivity contribution in [1.29, 1.82) is 0 Å². The molecule has 1 fully saturated rings. The van der Waals surface area contributed by atoms with E-state index in [1.54, 1.807) is 0 Å². The van der Waals surface area contributed by atoms with E-state index in [1.165, 1.54) is 81.7 Å². The van der Waals surface area contributed by atoms with E-state index in [1.807, 2.05) is 0 Å². The summed E-state index contributed by atoms with van der Waals surface area (Å²) in [5, 5.41) is 3.74. The number of nitrogens with zero attached hydrogens (tertiary/aromatic N) is 2. The molecule has 2 atom stereocenters. The molecule has 3 aliphatic rings. The van der Waals surface area contributed by atoms with Gasteiger partial charge in [-0.25, -0.2) is 0 Å². The number of likely N-dealkylation sites (N-methyl/N-ethyl adjacent to an activating group) is 1. The molecule has 0 aromatic heterocycles. The molecule has 40 heavy (non-hydrogen) atoms. The predicted octanol–water partition coefficient (Wildman–Crippen LogP) is 7.42. The number of aryl methyl sites for hydroxylation is 1. The number of benzene rings is 4. The van der Waals surface area contributed by atoms with Crippen LogP contribution in [0.5, 0.6) is 0 Å². The number of hydrogen-bond donors (Lipinski definition) is 1. The third-order valence-corrected chi connectivity index (χ3v) is 9.65. The highest BCUT2D eigenvalue weighted by atomic mass is 15.1. The Morgan fingerprint density at radius 3 is 2.40 bits per heavy atom. The van der Waals surface area contributed by atoms with Gasteiger partial charge in [0.2, 0.25) is 0 Å². The predicted molar refractivity (Wildman–Crippen MR) is 167 cm³/mol. The minimum absolute atomic E-state index is 0.397. The quantitative estimate of drug-likeness (QED) is 0.291. The second-order valence-corrected chi connectivity index (χ2v) is 12.2. The van der Waals surface area contributed by atoms with Crippen LogP contribution in [0.1, 0.15) is 63.9 Å². The Labute approximate surface area is 239 Å². The van der Waals surface area contributed by atoms with Gasteiger partial charge < -0.3 is 10.2 Å². The highest BCUT2D eigenvalue weighted by molar-refractivity contribution is 5.71. The first-order chi connectivity index (χ1) is 19.6. The fourth-order valence-corrected chi connectivity index (χ4v) is 7.21. The van der Waals surface area contributed by atoms with Gasteiger partial charge in [0, 0.05) is 44.0 Å². The minimum atomic E-state index is 0.397. The zero-order chi connectivity index (χ0) is 27.1. The van der Waals surface area contributed by atoms with Gasteiger partial charge in [-0.1, -0.05) is 72.8 Å². The first-order valence-corrected chi connectivity index (χ1v) is 15.2. The summed E-state index contributed by atoms with van der Waals surface area (Å²) in [7, 11) is 2.29. The minimum Gasteiger partial charge on any atom is -0.372 e. The van der Waals surface area contributed by atoms with Crippen LogP contribution in [0.25, 0.3) is 11.1 Å². The van der Waals surface area contributed by atoms with Gasteiger partial charge >= 0.3 is 0 Å². The summed E-state index contributed by atoms with van der Waals surface area (Å²) in [4.78, 5) is 5.08. The highest BCUT2D eigenvalue weighted by Crippen LogP contribution is 2.36. The fourth-order valence-electron chi connectivity index (χ4n) is 7.21. The van der Waals surface area contributed by atoms with Crippen LogP contribution in [0.15, 0.2) is 84.9 Å². The van der Waals surface area contributed by atoms with E-state index in [0.717, 1.165) is 32.4 Å². The Hall–Kier alpha value is -3.40. The zero-order valence-electron chi connectivity index (χ0n) is 24.0. The Balaban J connectivity index is 1.08. The normalized spacial score (nSPS) is 20.8. The molecule has 3 aliphatic heterocycles. The molecular formula is C37H41N3. The topological polar surface area (TPSA) is 18.5 Å². The molecule has 7 rings (SSSR count). The highest BCUT2D eigenvalue weighted by Gasteiger charge is 2.26. The molecule has 0 bridgehead atoms. The van der Waals surface area contributed by atoms with Crippen molar-refractivity contribution in [3.05, 3.63) is 124 Å².